The van der Waals surface area contributed by atoms with Gasteiger partial charge in [0.05, 0.1) is 0 Å². The Morgan fingerprint density at radius 1 is 1.10 bits per heavy atom. The zero-order valence-corrected chi connectivity index (χ0v) is 11.4. The molecule has 1 aromatic heterocycles. The maximum atomic E-state index is 13.5. The van der Waals surface area contributed by atoms with E-state index in [0.717, 1.165) is 6.07 Å². The Labute approximate surface area is 116 Å². The van der Waals surface area contributed by atoms with Gasteiger partial charge in [-0.3, -0.25) is 0 Å². The van der Waals surface area contributed by atoms with Crippen molar-refractivity contribution >= 4 is 11.6 Å². The second-order valence-corrected chi connectivity index (χ2v) is 4.25. The van der Waals surface area contributed by atoms with Crippen LogP contribution in [-0.4, -0.2) is 17.0 Å². The van der Waals surface area contributed by atoms with Crippen LogP contribution in [0.5, 0.6) is 0 Å². The highest BCUT2D eigenvalue weighted by Crippen LogP contribution is 2.14. The van der Waals surface area contributed by atoms with Crippen LogP contribution in [0.15, 0.2) is 24.3 Å². The van der Waals surface area contributed by atoms with Crippen LogP contribution in [0.3, 0.4) is 0 Å². The van der Waals surface area contributed by atoms with Crippen molar-refractivity contribution in [1.82, 2.24) is 9.97 Å². The highest BCUT2D eigenvalue weighted by Gasteiger charge is 2.06. The van der Waals surface area contributed by atoms with Gasteiger partial charge in [-0.15, -0.1) is 0 Å². The van der Waals surface area contributed by atoms with Gasteiger partial charge in [0.15, 0.2) is 0 Å². The van der Waals surface area contributed by atoms with Crippen LogP contribution in [0.4, 0.5) is 20.4 Å². The zero-order valence-electron chi connectivity index (χ0n) is 11.4. The largest absolute Gasteiger partial charge is 0.373 e. The van der Waals surface area contributed by atoms with Crippen LogP contribution in [-0.2, 0) is 13.0 Å². The Morgan fingerprint density at radius 2 is 1.85 bits per heavy atom. The second kappa shape index (κ2) is 6.27. The van der Waals surface area contributed by atoms with Crippen LogP contribution < -0.4 is 10.6 Å². The van der Waals surface area contributed by atoms with Crippen molar-refractivity contribution in [2.45, 2.75) is 19.9 Å². The Bertz CT molecular complexity index is 579. The average molecular weight is 278 g/mol. The van der Waals surface area contributed by atoms with Crippen molar-refractivity contribution in [3.8, 4) is 0 Å². The molecule has 2 N–H and O–H groups in total. The molecule has 0 atom stereocenters. The number of hydrogen-bond donors (Lipinski definition) is 2. The molecule has 0 saturated heterocycles. The third kappa shape index (κ3) is 3.40. The van der Waals surface area contributed by atoms with E-state index >= 15 is 0 Å². The predicted octanol–water partition coefficient (Wildman–Crippen LogP) is 2.97. The number of aryl methyl sites for hydroxylation is 1. The van der Waals surface area contributed by atoms with Crippen LogP contribution in [0.25, 0.3) is 0 Å². The molecule has 20 heavy (non-hydrogen) atoms. The number of aromatic nitrogens is 2. The van der Waals surface area contributed by atoms with Gasteiger partial charge in [-0.05, 0) is 6.07 Å². The minimum atomic E-state index is -0.584. The molecule has 106 valence electrons. The van der Waals surface area contributed by atoms with E-state index in [1.807, 2.05) is 6.92 Å². The molecule has 2 rings (SSSR count). The number of nitrogens with one attached hydrogen (secondary N) is 2. The quantitative estimate of drug-likeness (QED) is 0.883. The number of anilines is 2. The molecular formula is C14H16F2N4. The fourth-order valence-corrected chi connectivity index (χ4v) is 1.72. The first kappa shape index (κ1) is 14.2. The number of halogens is 2. The third-order valence-corrected chi connectivity index (χ3v) is 2.82. The van der Waals surface area contributed by atoms with Crippen molar-refractivity contribution in [3.05, 3.63) is 47.3 Å². The molecule has 0 aliphatic heterocycles. The van der Waals surface area contributed by atoms with E-state index in [4.69, 9.17) is 0 Å². The molecule has 0 bridgehead atoms. The van der Waals surface area contributed by atoms with Crippen molar-refractivity contribution in [2.75, 3.05) is 17.7 Å². The van der Waals surface area contributed by atoms with Crippen LogP contribution in [0.2, 0.25) is 0 Å². The molecule has 6 heteroatoms. The maximum Gasteiger partial charge on any atom is 0.132 e. The van der Waals surface area contributed by atoms with E-state index in [1.54, 1.807) is 13.1 Å². The summed E-state index contributed by atoms with van der Waals surface area (Å²) < 4.78 is 26.3. The van der Waals surface area contributed by atoms with Gasteiger partial charge in [0.2, 0.25) is 0 Å². The SMILES string of the molecule is CCc1nc(NC)cc(NCc2ccc(F)cc2F)n1. The smallest absolute Gasteiger partial charge is 0.132 e. The molecule has 0 aliphatic rings. The maximum absolute atomic E-state index is 13.5. The molecule has 0 amide bonds. The van der Waals surface area contributed by atoms with Gasteiger partial charge >= 0.3 is 0 Å². The molecular weight excluding hydrogens is 262 g/mol. The Morgan fingerprint density at radius 3 is 2.50 bits per heavy atom. The number of rotatable bonds is 5. The molecule has 4 nitrogen and oxygen atoms in total. The lowest BCUT2D eigenvalue weighted by Crippen LogP contribution is -2.07. The summed E-state index contributed by atoms with van der Waals surface area (Å²) in [7, 11) is 1.77. The summed E-state index contributed by atoms with van der Waals surface area (Å²) in [5, 5.41) is 5.96. The van der Waals surface area contributed by atoms with E-state index in [2.05, 4.69) is 20.6 Å². The summed E-state index contributed by atoms with van der Waals surface area (Å²) in [4.78, 5) is 8.57. The molecule has 0 spiro atoms. The van der Waals surface area contributed by atoms with Gasteiger partial charge in [0, 0.05) is 37.7 Å². The van der Waals surface area contributed by atoms with Crippen molar-refractivity contribution in [2.24, 2.45) is 0 Å². The lowest BCUT2D eigenvalue weighted by atomic mass is 10.2. The second-order valence-electron chi connectivity index (χ2n) is 4.25. The molecule has 1 heterocycles. The van der Waals surface area contributed by atoms with E-state index in [-0.39, 0.29) is 6.54 Å². The first-order chi connectivity index (χ1) is 9.62. The van der Waals surface area contributed by atoms with E-state index in [1.165, 1.54) is 12.1 Å². The molecule has 0 saturated carbocycles. The molecule has 1 aromatic carbocycles. The van der Waals surface area contributed by atoms with Gasteiger partial charge in [0.25, 0.3) is 0 Å². The fraction of sp³-hybridized carbons (Fsp3) is 0.286. The summed E-state index contributed by atoms with van der Waals surface area (Å²) in [6.45, 7) is 2.19. The first-order valence-electron chi connectivity index (χ1n) is 6.36. The van der Waals surface area contributed by atoms with E-state index in [9.17, 15) is 8.78 Å². The molecule has 2 aromatic rings. The average Bonchev–Trinajstić information content (AvgIpc) is 2.46. The zero-order chi connectivity index (χ0) is 14.5. The van der Waals surface area contributed by atoms with Gasteiger partial charge in [-0.2, -0.15) is 0 Å². The van der Waals surface area contributed by atoms with Gasteiger partial charge < -0.3 is 10.6 Å². The van der Waals surface area contributed by atoms with Crippen LogP contribution in [0, 0.1) is 11.6 Å². The lowest BCUT2D eigenvalue weighted by Gasteiger charge is -2.09. The lowest BCUT2D eigenvalue weighted by molar-refractivity contribution is 0.574. The summed E-state index contributed by atoms with van der Waals surface area (Å²) in [5.41, 5.74) is 0.383. The van der Waals surface area contributed by atoms with Crippen LogP contribution >= 0.6 is 0 Å². The van der Waals surface area contributed by atoms with Crippen molar-refractivity contribution < 1.29 is 8.78 Å². The minimum Gasteiger partial charge on any atom is -0.373 e. The molecule has 0 unspecified atom stereocenters. The highest BCUT2D eigenvalue weighted by molar-refractivity contribution is 5.47. The van der Waals surface area contributed by atoms with Crippen molar-refractivity contribution in [1.29, 1.82) is 0 Å². The molecule has 0 fully saturated rings. The minimum absolute atomic E-state index is 0.232. The van der Waals surface area contributed by atoms with Crippen LogP contribution in [0.1, 0.15) is 18.3 Å². The predicted molar refractivity (Wildman–Crippen MR) is 74.6 cm³/mol. The summed E-state index contributed by atoms with van der Waals surface area (Å²) in [5.74, 6) is 0.831. The third-order valence-electron chi connectivity index (χ3n) is 2.82. The van der Waals surface area contributed by atoms with E-state index < -0.39 is 11.6 Å². The molecule has 0 radical (unpaired) electrons. The van der Waals surface area contributed by atoms with E-state index in [0.29, 0.717) is 29.4 Å². The number of nitrogens with zero attached hydrogens (tertiary/aromatic N) is 2. The van der Waals surface area contributed by atoms with Crippen molar-refractivity contribution in [3.63, 3.8) is 0 Å². The molecule has 0 aliphatic carbocycles. The fourth-order valence-electron chi connectivity index (χ4n) is 1.72. The highest BCUT2D eigenvalue weighted by atomic mass is 19.1. The summed E-state index contributed by atoms with van der Waals surface area (Å²) in [6, 6.07) is 5.25. The Balaban J connectivity index is 2.13. The standard InChI is InChI=1S/C14H16F2N4/c1-3-12-19-13(17-2)7-14(20-12)18-8-9-4-5-10(15)6-11(9)16/h4-7H,3,8H2,1-2H3,(H2,17,18,19,20). The van der Waals surface area contributed by atoms with Gasteiger partial charge in [-0.1, -0.05) is 13.0 Å². The Hall–Kier alpha value is -2.24. The number of benzene rings is 1. The van der Waals surface area contributed by atoms with Gasteiger partial charge in [0.1, 0.15) is 29.1 Å². The first-order valence-corrected chi connectivity index (χ1v) is 6.36. The summed E-state index contributed by atoms with van der Waals surface area (Å²) >= 11 is 0. The van der Waals surface area contributed by atoms with Gasteiger partial charge in [-0.25, -0.2) is 18.7 Å². The Kier molecular flexibility index (Phi) is 4.45. The topological polar surface area (TPSA) is 49.8 Å². The summed E-state index contributed by atoms with van der Waals surface area (Å²) in [6.07, 6.45) is 0.703. The monoisotopic (exact) mass is 278 g/mol. The number of hydrogen-bond acceptors (Lipinski definition) is 4. The normalized spacial score (nSPS) is 10.4.